The van der Waals surface area contributed by atoms with Crippen molar-refractivity contribution in [1.29, 1.82) is 0 Å². The van der Waals surface area contributed by atoms with Crippen LogP contribution in [0.2, 0.25) is 0 Å². The second kappa shape index (κ2) is 5.81. The summed E-state index contributed by atoms with van der Waals surface area (Å²) in [7, 11) is 1.75. The lowest BCUT2D eigenvalue weighted by atomic mass is 10.2. The van der Waals surface area contributed by atoms with Gasteiger partial charge in [0.2, 0.25) is 5.91 Å². The van der Waals surface area contributed by atoms with E-state index in [0.29, 0.717) is 13.1 Å². The van der Waals surface area contributed by atoms with Gasteiger partial charge in [-0.15, -0.1) is 0 Å². The van der Waals surface area contributed by atoms with Gasteiger partial charge in [0.25, 0.3) is 0 Å². The van der Waals surface area contributed by atoms with Gasteiger partial charge in [-0.1, -0.05) is 0 Å². The molecule has 1 fully saturated rings. The van der Waals surface area contributed by atoms with E-state index < -0.39 is 12.1 Å². The largest absolute Gasteiger partial charge is 0.481 e. The molecule has 0 saturated carbocycles. The number of carbonyl (C=O) groups is 2. The van der Waals surface area contributed by atoms with E-state index in [-0.39, 0.29) is 25.4 Å². The molecule has 1 aliphatic heterocycles. The zero-order valence-electron chi connectivity index (χ0n) is 9.43. The van der Waals surface area contributed by atoms with Crippen LogP contribution in [0, 0.1) is 0 Å². The smallest absolute Gasteiger partial charge is 0.306 e. The quantitative estimate of drug-likeness (QED) is 0.646. The van der Waals surface area contributed by atoms with Gasteiger partial charge in [-0.2, -0.15) is 0 Å². The molecular weight excluding hydrogens is 212 g/mol. The van der Waals surface area contributed by atoms with Crippen molar-refractivity contribution in [3.8, 4) is 0 Å². The first-order chi connectivity index (χ1) is 7.49. The van der Waals surface area contributed by atoms with E-state index >= 15 is 0 Å². The first-order valence-corrected chi connectivity index (χ1v) is 5.35. The Morgan fingerprint density at radius 2 is 2.19 bits per heavy atom. The molecule has 1 rings (SSSR count). The number of amides is 1. The van der Waals surface area contributed by atoms with E-state index in [2.05, 4.69) is 0 Å². The van der Waals surface area contributed by atoms with Crippen molar-refractivity contribution < 1.29 is 19.8 Å². The van der Waals surface area contributed by atoms with Crippen molar-refractivity contribution in [3.05, 3.63) is 0 Å². The van der Waals surface area contributed by atoms with E-state index in [1.165, 1.54) is 0 Å². The maximum atomic E-state index is 11.5. The van der Waals surface area contributed by atoms with Crippen LogP contribution >= 0.6 is 0 Å². The number of hydrogen-bond acceptors (Lipinski definition) is 4. The molecule has 16 heavy (non-hydrogen) atoms. The third-order valence-corrected chi connectivity index (χ3v) is 2.63. The van der Waals surface area contributed by atoms with E-state index in [9.17, 15) is 14.7 Å². The van der Waals surface area contributed by atoms with Crippen LogP contribution in [0.4, 0.5) is 0 Å². The van der Waals surface area contributed by atoms with Crippen molar-refractivity contribution in [2.24, 2.45) is 0 Å². The Labute approximate surface area is 94.4 Å². The van der Waals surface area contributed by atoms with Gasteiger partial charge < -0.3 is 15.1 Å². The van der Waals surface area contributed by atoms with Crippen LogP contribution in [-0.4, -0.2) is 71.2 Å². The number of aliphatic carboxylic acids is 1. The van der Waals surface area contributed by atoms with Gasteiger partial charge in [-0.3, -0.25) is 14.5 Å². The fraction of sp³-hybridized carbons (Fsp3) is 0.800. The minimum absolute atomic E-state index is 0.0139. The number of carboxylic acid groups (broad SMARTS) is 1. The molecule has 1 atom stereocenters. The second-order valence-corrected chi connectivity index (χ2v) is 4.16. The first kappa shape index (κ1) is 12.9. The van der Waals surface area contributed by atoms with E-state index in [0.717, 1.165) is 6.42 Å². The molecule has 1 aliphatic rings. The Morgan fingerprint density at radius 3 is 2.81 bits per heavy atom. The molecule has 1 unspecified atom stereocenters. The van der Waals surface area contributed by atoms with E-state index in [4.69, 9.17) is 5.11 Å². The molecule has 0 spiro atoms. The summed E-state index contributed by atoms with van der Waals surface area (Å²) in [5.74, 6) is -1.01. The number of aliphatic hydroxyl groups is 1. The molecule has 0 aromatic heterocycles. The van der Waals surface area contributed by atoms with E-state index in [1.54, 1.807) is 16.8 Å². The van der Waals surface area contributed by atoms with Gasteiger partial charge >= 0.3 is 5.97 Å². The number of β-amino-alcohol motifs (C(OH)–C–C–N with tert-alkyl or cyclic N) is 1. The van der Waals surface area contributed by atoms with Crippen molar-refractivity contribution in [3.63, 3.8) is 0 Å². The summed E-state index contributed by atoms with van der Waals surface area (Å²) >= 11 is 0. The fourth-order valence-electron chi connectivity index (χ4n) is 1.77. The molecule has 0 aromatic carbocycles. The predicted molar refractivity (Wildman–Crippen MR) is 57.0 cm³/mol. The zero-order valence-corrected chi connectivity index (χ0v) is 9.43. The van der Waals surface area contributed by atoms with Crippen molar-refractivity contribution >= 4 is 11.9 Å². The van der Waals surface area contributed by atoms with Crippen LogP contribution in [0.1, 0.15) is 12.8 Å². The molecule has 92 valence electrons. The molecule has 0 bridgehead atoms. The van der Waals surface area contributed by atoms with Crippen LogP contribution in [0.15, 0.2) is 0 Å². The summed E-state index contributed by atoms with van der Waals surface area (Å²) in [4.78, 5) is 25.4. The highest BCUT2D eigenvalue weighted by Gasteiger charge is 2.21. The highest BCUT2D eigenvalue weighted by Crippen LogP contribution is 2.04. The number of carbonyl (C=O) groups excluding carboxylic acids is 1. The Balaban J connectivity index is 2.41. The topological polar surface area (TPSA) is 81.1 Å². The molecule has 2 N–H and O–H groups in total. The Kier molecular flexibility index (Phi) is 4.70. The molecule has 0 radical (unpaired) electrons. The summed E-state index contributed by atoms with van der Waals surface area (Å²) < 4.78 is 0. The zero-order chi connectivity index (χ0) is 12.1. The summed E-state index contributed by atoms with van der Waals surface area (Å²) in [6, 6.07) is 0. The highest BCUT2D eigenvalue weighted by atomic mass is 16.4. The summed E-state index contributed by atoms with van der Waals surface area (Å²) in [6.07, 6.45) is -0.337. The van der Waals surface area contributed by atoms with Crippen LogP contribution in [0.3, 0.4) is 0 Å². The van der Waals surface area contributed by atoms with Crippen LogP contribution in [0.5, 0.6) is 0 Å². The molecule has 1 heterocycles. The maximum Gasteiger partial charge on any atom is 0.306 e. The van der Waals surface area contributed by atoms with Gasteiger partial charge in [0.1, 0.15) is 0 Å². The Bertz CT molecular complexity index is 270. The monoisotopic (exact) mass is 230 g/mol. The van der Waals surface area contributed by atoms with Crippen LogP contribution in [0.25, 0.3) is 0 Å². The molecule has 1 saturated heterocycles. The summed E-state index contributed by atoms with van der Waals surface area (Å²) in [5.41, 5.74) is 0. The number of carboxylic acids is 1. The van der Waals surface area contributed by atoms with Crippen LogP contribution in [-0.2, 0) is 9.59 Å². The third kappa shape index (κ3) is 4.16. The number of likely N-dealkylation sites (N-methyl/N-ethyl adjacent to an activating group) is 1. The molecule has 6 nitrogen and oxygen atoms in total. The second-order valence-electron chi connectivity index (χ2n) is 4.16. The number of hydrogen-bond donors (Lipinski definition) is 2. The minimum Gasteiger partial charge on any atom is -0.481 e. The Morgan fingerprint density at radius 1 is 1.50 bits per heavy atom. The lowest BCUT2D eigenvalue weighted by Gasteiger charge is -2.21. The molecule has 0 aliphatic carbocycles. The Hall–Kier alpha value is -1.14. The maximum absolute atomic E-state index is 11.5. The van der Waals surface area contributed by atoms with Crippen molar-refractivity contribution in [2.45, 2.75) is 18.9 Å². The normalized spacial score (nSPS) is 20.6. The minimum atomic E-state index is -1.02. The first-order valence-electron chi connectivity index (χ1n) is 5.35. The molecular formula is C10H18N2O4. The van der Waals surface area contributed by atoms with Gasteiger partial charge in [-0.05, 0) is 6.42 Å². The average molecular weight is 230 g/mol. The summed E-state index contributed by atoms with van der Waals surface area (Å²) in [5, 5.41) is 18.0. The number of nitrogens with zero attached hydrogens (tertiary/aromatic N) is 2. The van der Waals surface area contributed by atoms with Gasteiger partial charge in [-0.25, -0.2) is 0 Å². The van der Waals surface area contributed by atoms with Crippen molar-refractivity contribution in [1.82, 2.24) is 9.80 Å². The number of rotatable bonds is 4. The average Bonchev–Trinajstić information content (AvgIpc) is 2.28. The lowest BCUT2D eigenvalue weighted by molar-refractivity contribution is -0.139. The fourth-order valence-corrected chi connectivity index (χ4v) is 1.77. The van der Waals surface area contributed by atoms with Crippen LogP contribution < -0.4 is 0 Å². The molecule has 6 heteroatoms. The standard InChI is InChI=1S/C10H18N2O4/c1-11-3-2-4-12(7-9(11)14)6-8(13)5-10(15)16/h8,13H,2-7H2,1H3,(H,15,16). The van der Waals surface area contributed by atoms with Crippen molar-refractivity contribution in [2.75, 3.05) is 33.2 Å². The predicted octanol–water partition coefficient (Wildman–Crippen LogP) is -1.01. The lowest BCUT2D eigenvalue weighted by Crippen LogP contribution is -2.38. The van der Waals surface area contributed by atoms with Gasteiger partial charge in [0, 0.05) is 26.7 Å². The third-order valence-electron chi connectivity index (χ3n) is 2.63. The van der Waals surface area contributed by atoms with Gasteiger partial charge in [0.05, 0.1) is 19.1 Å². The van der Waals surface area contributed by atoms with Gasteiger partial charge in [0.15, 0.2) is 0 Å². The highest BCUT2D eigenvalue weighted by molar-refractivity contribution is 5.78. The molecule has 0 aromatic rings. The number of aliphatic hydroxyl groups excluding tert-OH is 1. The van der Waals surface area contributed by atoms with E-state index in [1.807, 2.05) is 0 Å². The SMILES string of the molecule is CN1CCCN(CC(O)CC(=O)O)CC1=O. The summed E-state index contributed by atoms with van der Waals surface area (Å²) in [6.45, 7) is 1.93. The molecule has 1 amide bonds.